The number of carbonyl (C=O) groups excluding carboxylic acids is 1. The molecule has 0 spiro atoms. The second kappa shape index (κ2) is 4.61. The molecule has 76 valence electrons. The number of hydrogen-bond acceptors (Lipinski definition) is 1. The molecule has 1 rings (SSSR count). The highest BCUT2D eigenvalue weighted by Gasteiger charge is 2.12. The van der Waals surface area contributed by atoms with Crippen molar-refractivity contribution in [1.82, 2.24) is 0 Å². The summed E-state index contributed by atoms with van der Waals surface area (Å²) in [6.45, 7) is 6.11. The highest BCUT2D eigenvalue weighted by Crippen LogP contribution is 2.21. The van der Waals surface area contributed by atoms with Crippen molar-refractivity contribution >= 4 is 16.8 Å². The van der Waals surface area contributed by atoms with Gasteiger partial charge in [0.05, 0.1) is 5.92 Å². The van der Waals surface area contributed by atoms with Crippen LogP contribution in [0.25, 0.3) is 0 Å². The molecule has 0 N–H and O–H groups in total. The van der Waals surface area contributed by atoms with Crippen LogP contribution in [-0.4, -0.2) is 5.24 Å². The topological polar surface area (TPSA) is 17.1 Å². The van der Waals surface area contributed by atoms with Crippen LogP contribution < -0.4 is 0 Å². The van der Waals surface area contributed by atoms with Crippen molar-refractivity contribution in [2.24, 2.45) is 0 Å². The molecule has 0 amide bonds. The standard InChI is InChI=1S/C12H15ClO/c1-8(2)10-4-6-11(7-5-10)9(3)12(13)14/h4-9H,1-3H3. The van der Waals surface area contributed by atoms with Crippen molar-refractivity contribution in [2.45, 2.75) is 32.6 Å². The highest BCUT2D eigenvalue weighted by atomic mass is 35.5. The minimum atomic E-state index is -0.303. The summed E-state index contributed by atoms with van der Waals surface area (Å²) in [7, 11) is 0. The van der Waals surface area contributed by atoms with Crippen LogP contribution in [0.1, 0.15) is 43.7 Å². The van der Waals surface area contributed by atoms with Gasteiger partial charge in [0.25, 0.3) is 0 Å². The zero-order valence-corrected chi connectivity index (χ0v) is 9.51. The van der Waals surface area contributed by atoms with Crippen LogP contribution in [-0.2, 0) is 4.79 Å². The number of carbonyl (C=O) groups is 1. The van der Waals surface area contributed by atoms with E-state index in [2.05, 4.69) is 26.0 Å². The molecule has 1 aromatic carbocycles. The van der Waals surface area contributed by atoms with Crippen molar-refractivity contribution in [3.05, 3.63) is 35.4 Å². The van der Waals surface area contributed by atoms with Crippen LogP contribution in [0.2, 0.25) is 0 Å². The highest BCUT2D eigenvalue weighted by molar-refractivity contribution is 6.64. The third kappa shape index (κ3) is 2.58. The number of hydrogen-bond donors (Lipinski definition) is 0. The minimum absolute atomic E-state index is 0.210. The predicted octanol–water partition coefficient (Wildman–Crippen LogP) is 3.68. The summed E-state index contributed by atoms with van der Waals surface area (Å²) in [6.07, 6.45) is 0. The normalized spacial score (nSPS) is 12.9. The summed E-state index contributed by atoms with van der Waals surface area (Å²) in [5, 5.41) is -0.303. The van der Waals surface area contributed by atoms with E-state index < -0.39 is 0 Å². The number of rotatable bonds is 3. The fraction of sp³-hybridized carbons (Fsp3) is 0.417. The van der Waals surface area contributed by atoms with Gasteiger partial charge in [-0.25, -0.2) is 0 Å². The lowest BCUT2D eigenvalue weighted by Gasteiger charge is -2.09. The van der Waals surface area contributed by atoms with E-state index in [4.69, 9.17) is 11.6 Å². The van der Waals surface area contributed by atoms with E-state index in [1.54, 1.807) is 0 Å². The van der Waals surface area contributed by atoms with Gasteiger partial charge < -0.3 is 0 Å². The molecule has 0 aliphatic carbocycles. The summed E-state index contributed by atoms with van der Waals surface area (Å²) in [5.41, 5.74) is 2.26. The Bertz CT molecular complexity index is 314. The molecule has 0 radical (unpaired) electrons. The summed E-state index contributed by atoms with van der Waals surface area (Å²) in [6, 6.07) is 8.05. The Balaban J connectivity index is 2.88. The molecule has 0 aliphatic rings. The van der Waals surface area contributed by atoms with Crippen molar-refractivity contribution in [1.29, 1.82) is 0 Å². The van der Waals surface area contributed by atoms with Gasteiger partial charge in [-0.1, -0.05) is 45.0 Å². The molecule has 1 aromatic rings. The van der Waals surface area contributed by atoms with Crippen LogP contribution in [0.3, 0.4) is 0 Å². The average molecular weight is 211 g/mol. The quantitative estimate of drug-likeness (QED) is 0.696. The van der Waals surface area contributed by atoms with Crippen LogP contribution in [0, 0.1) is 0 Å². The van der Waals surface area contributed by atoms with E-state index in [0.717, 1.165) is 5.56 Å². The van der Waals surface area contributed by atoms with E-state index in [1.165, 1.54) is 5.56 Å². The first-order valence-corrected chi connectivity index (χ1v) is 5.19. The maximum atomic E-state index is 10.9. The summed E-state index contributed by atoms with van der Waals surface area (Å²) in [4.78, 5) is 10.9. The van der Waals surface area contributed by atoms with Gasteiger partial charge in [-0.3, -0.25) is 4.79 Å². The SMILES string of the molecule is CC(C)c1ccc(C(C)C(=O)Cl)cc1. The van der Waals surface area contributed by atoms with E-state index in [-0.39, 0.29) is 11.2 Å². The van der Waals surface area contributed by atoms with Gasteiger partial charge in [0, 0.05) is 0 Å². The van der Waals surface area contributed by atoms with Crippen LogP contribution in [0.5, 0.6) is 0 Å². The molecular weight excluding hydrogens is 196 g/mol. The molecule has 0 aromatic heterocycles. The molecule has 0 heterocycles. The second-order valence-corrected chi connectivity index (χ2v) is 4.22. The van der Waals surface area contributed by atoms with Crippen molar-refractivity contribution in [3.63, 3.8) is 0 Å². The Morgan fingerprint density at radius 2 is 1.50 bits per heavy atom. The molecule has 0 aliphatic heterocycles. The van der Waals surface area contributed by atoms with E-state index >= 15 is 0 Å². The fourth-order valence-electron chi connectivity index (χ4n) is 1.30. The van der Waals surface area contributed by atoms with Gasteiger partial charge in [0.1, 0.15) is 0 Å². The van der Waals surface area contributed by atoms with Crippen molar-refractivity contribution < 1.29 is 4.79 Å². The molecule has 14 heavy (non-hydrogen) atoms. The lowest BCUT2D eigenvalue weighted by molar-refractivity contribution is -0.112. The monoisotopic (exact) mass is 210 g/mol. The molecule has 0 fully saturated rings. The Labute approximate surface area is 90.1 Å². The summed E-state index contributed by atoms with van der Waals surface area (Å²) >= 11 is 5.43. The third-order valence-corrected chi connectivity index (χ3v) is 2.77. The zero-order chi connectivity index (χ0) is 10.7. The average Bonchev–Trinajstić information content (AvgIpc) is 2.16. The number of benzene rings is 1. The first-order chi connectivity index (χ1) is 6.52. The van der Waals surface area contributed by atoms with Crippen LogP contribution >= 0.6 is 11.6 Å². The number of halogens is 1. The fourth-order valence-corrected chi connectivity index (χ4v) is 1.43. The third-order valence-electron chi connectivity index (χ3n) is 2.44. The van der Waals surface area contributed by atoms with Crippen molar-refractivity contribution in [2.75, 3.05) is 0 Å². The van der Waals surface area contributed by atoms with Gasteiger partial charge in [0.2, 0.25) is 5.24 Å². The van der Waals surface area contributed by atoms with E-state index in [0.29, 0.717) is 5.92 Å². The minimum Gasteiger partial charge on any atom is -0.281 e. The lowest BCUT2D eigenvalue weighted by Crippen LogP contribution is -2.01. The smallest absolute Gasteiger partial charge is 0.228 e. The molecular formula is C12H15ClO. The molecule has 1 nitrogen and oxygen atoms in total. The van der Waals surface area contributed by atoms with Gasteiger partial charge in [-0.2, -0.15) is 0 Å². The van der Waals surface area contributed by atoms with Gasteiger partial charge in [-0.05, 0) is 28.6 Å². The summed E-state index contributed by atoms with van der Waals surface area (Å²) in [5.74, 6) is 0.309. The maximum absolute atomic E-state index is 10.9. The largest absolute Gasteiger partial charge is 0.281 e. The Morgan fingerprint density at radius 3 is 1.86 bits per heavy atom. The molecule has 0 saturated carbocycles. The lowest BCUT2D eigenvalue weighted by atomic mass is 9.97. The van der Waals surface area contributed by atoms with Gasteiger partial charge in [-0.15, -0.1) is 0 Å². The van der Waals surface area contributed by atoms with Crippen LogP contribution in [0.4, 0.5) is 0 Å². The van der Waals surface area contributed by atoms with Crippen molar-refractivity contribution in [3.8, 4) is 0 Å². The Morgan fingerprint density at radius 1 is 1.07 bits per heavy atom. The van der Waals surface area contributed by atoms with E-state index in [9.17, 15) is 4.79 Å². The Hall–Kier alpha value is -0.820. The second-order valence-electron chi connectivity index (χ2n) is 3.85. The molecule has 0 saturated heterocycles. The van der Waals surface area contributed by atoms with E-state index in [1.807, 2.05) is 19.1 Å². The first-order valence-electron chi connectivity index (χ1n) is 4.81. The molecule has 2 heteroatoms. The predicted molar refractivity (Wildman–Crippen MR) is 59.8 cm³/mol. The van der Waals surface area contributed by atoms with Gasteiger partial charge >= 0.3 is 0 Å². The molecule has 1 unspecified atom stereocenters. The first kappa shape index (κ1) is 11.3. The summed E-state index contributed by atoms with van der Waals surface area (Å²) < 4.78 is 0. The maximum Gasteiger partial charge on any atom is 0.228 e. The molecule has 1 atom stereocenters. The Kier molecular flexibility index (Phi) is 3.70. The van der Waals surface area contributed by atoms with Crippen LogP contribution in [0.15, 0.2) is 24.3 Å². The van der Waals surface area contributed by atoms with Gasteiger partial charge in [0.15, 0.2) is 0 Å². The molecule has 0 bridgehead atoms. The zero-order valence-electron chi connectivity index (χ0n) is 8.75.